The molecule has 0 fully saturated rings. The minimum absolute atomic E-state index is 0.122. The van der Waals surface area contributed by atoms with E-state index >= 15 is 0 Å². The predicted octanol–water partition coefficient (Wildman–Crippen LogP) is 5.24. The Morgan fingerprint density at radius 3 is 2.70 bits per heavy atom. The van der Waals surface area contributed by atoms with Crippen molar-refractivity contribution in [1.29, 1.82) is 0 Å². The largest absolute Gasteiger partial charge is 0.309 e. The first kappa shape index (κ1) is 15.7. The third-order valence-corrected chi connectivity index (χ3v) is 5.49. The van der Waals surface area contributed by atoms with Crippen LogP contribution in [0.2, 0.25) is 0 Å². The van der Waals surface area contributed by atoms with Crippen molar-refractivity contribution in [2.45, 2.75) is 32.7 Å². The van der Waals surface area contributed by atoms with Crippen LogP contribution in [0.4, 0.5) is 4.39 Å². The van der Waals surface area contributed by atoms with Crippen molar-refractivity contribution in [3.63, 3.8) is 0 Å². The van der Waals surface area contributed by atoms with Gasteiger partial charge in [-0.3, -0.25) is 0 Å². The number of benzene rings is 1. The summed E-state index contributed by atoms with van der Waals surface area (Å²) in [6.07, 6.45) is 1.75. The van der Waals surface area contributed by atoms with Gasteiger partial charge >= 0.3 is 0 Å². The van der Waals surface area contributed by atoms with Gasteiger partial charge < -0.3 is 5.32 Å². The maximum Gasteiger partial charge on any atom is 0.126 e. The number of thiophene rings is 1. The van der Waals surface area contributed by atoms with Crippen LogP contribution in [0.15, 0.2) is 34.8 Å². The van der Waals surface area contributed by atoms with Crippen molar-refractivity contribution in [2.24, 2.45) is 0 Å². The topological polar surface area (TPSA) is 12.0 Å². The molecule has 2 rings (SSSR count). The minimum Gasteiger partial charge on any atom is -0.309 e. The van der Waals surface area contributed by atoms with E-state index in [1.54, 1.807) is 17.4 Å². The first-order valence-corrected chi connectivity index (χ1v) is 8.45. The van der Waals surface area contributed by atoms with Crippen LogP contribution in [0, 0.1) is 12.7 Å². The van der Waals surface area contributed by atoms with Crippen LogP contribution < -0.4 is 5.32 Å². The molecule has 0 aliphatic rings. The molecular weight excluding hydrogens is 337 g/mol. The fourth-order valence-electron chi connectivity index (χ4n) is 2.13. The number of hydrogen-bond donors (Lipinski definition) is 1. The average molecular weight is 356 g/mol. The summed E-state index contributed by atoms with van der Waals surface area (Å²) in [6.45, 7) is 5.18. The van der Waals surface area contributed by atoms with Crippen molar-refractivity contribution >= 4 is 27.3 Å². The molecular formula is C16H19BrFNS. The maximum absolute atomic E-state index is 13.8. The van der Waals surface area contributed by atoms with E-state index in [1.165, 1.54) is 15.8 Å². The van der Waals surface area contributed by atoms with Crippen molar-refractivity contribution in [2.75, 3.05) is 6.54 Å². The lowest BCUT2D eigenvalue weighted by Crippen LogP contribution is -2.23. The van der Waals surface area contributed by atoms with Crippen molar-refractivity contribution in [3.05, 3.63) is 55.9 Å². The molecule has 1 unspecified atom stereocenters. The third-order valence-electron chi connectivity index (χ3n) is 3.24. The summed E-state index contributed by atoms with van der Waals surface area (Å²) < 4.78 is 15.0. The van der Waals surface area contributed by atoms with Crippen molar-refractivity contribution in [1.82, 2.24) is 5.32 Å². The highest BCUT2D eigenvalue weighted by Crippen LogP contribution is 2.32. The molecule has 0 aliphatic heterocycles. The average Bonchev–Trinajstić information content (AvgIpc) is 2.76. The Kier molecular flexibility index (Phi) is 5.75. The van der Waals surface area contributed by atoms with Crippen LogP contribution in [0.1, 0.15) is 34.7 Å². The Bertz CT molecular complexity index is 548. The van der Waals surface area contributed by atoms with Gasteiger partial charge in [-0.25, -0.2) is 4.39 Å². The summed E-state index contributed by atoms with van der Waals surface area (Å²) in [5.74, 6) is -0.122. The monoisotopic (exact) mass is 355 g/mol. The van der Waals surface area contributed by atoms with Crippen LogP contribution in [0.25, 0.3) is 0 Å². The van der Waals surface area contributed by atoms with Gasteiger partial charge in [0.1, 0.15) is 5.82 Å². The predicted molar refractivity (Wildman–Crippen MR) is 87.9 cm³/mol. The smallest absolute Gasteiger partial charge is 0.126 e. The molecule has 1 aromatic carbocycles. The van der Waals surface area contributed by atoms with Gasteiger partial charge in [0, 0.05) is 20.3 Å². The van der Waals surface area contributed by atoms with Gasteiger partial charge in [0.2, 0.25) is 0 Å². The lowest BCUT2D eigenvalue weighted by atomic mass is 10.0. The van der Waals surface area contributed by atoms with E-state index in [-0.39, 0.29) is 11.9 Å². The Labute approximate surface area is 132 Å². The first-order chi connectivity index (χ1) is 9.61. The maximum atomic E-state index is 13.8. The van der Waals surface area contributed by atoms with Gasteiger partial charge in [0.15, 0.2) is 0 Å². The van der Waals surface area contributed by atoms with Gasteiger partial charge in [0.25, 0.3) is 0 Å². The fourth-order valence-corrected chi connectivity index (χ4v) is 3.77. The fraction of sp³-hybridized carbons (Fsp3) is 0.375. The Morgan fingerprint density at radius 1 is 1.35 bits per heavy atom. The minimum atomic E-state index is -0.122. The normalized spacial score (nSPS) is 12.6. The molecule has 1 heterocycles. The molecule has 0 spiro atoms. The standard InChI is InChI=1S/C16H19BrFNS/c1-3-8-19-15(16-10-13(17)11(2)20-16)9-12-6-4-5-7-14(12)18/h4-7,10,15,19H,3,8-9H2,1-2H3. The van der Waals surface area contributed by atoms with Crippen LogP contribution in [-0.4, -0.2) is 6.54 Å². The molecule has 0 bridgehead atoms. The summed E-state index contributed by atoms with van der Waals surface area (Å²) in [6, 6.07) is 9.34. The van der Waals surface area contributed by atoms with Gasteiger partial charge in [-0.15, -0.1) is 11.3 Å². The third kappa shape index (κ3) is 3.90. The zero-order valence-electron chi connectivity index (χ0n) is 11.7. The van der Waals surface area contributed by atoms with Crippen LogP contribution in [0.5, 0.6) is 0 Å². The Hall–Kier alpha value is -0.710. The SMILES string of the molecule is CCCNC(Cc1ccccc1F)c1cc(Br)c(C)s1. The van der Waals surface area contributed by atoms with Crippen molar-refractivity contribution < 1.29 is 4.39 Å². The van der Waals surface area contributed by atoms with E-state index in [1.807, 2.05) is 12.1 Å². The molecule has 0 aliphatic carbocycles. The van der Waals surface area contributed by atoms with E-state index in [4.69, 9.17) is 0 Å². The molecule has 2 aromatic rings. The molecule has 1 atom stereocenters. The highest BCUT2D eigenvalue weighted by Gasteiger charge is 2.17. The molecule has 1 N–H and O–H groups in total. The number of rotatable bonds is 6. The molecule has 108 valence electrons. The summed E-state index contributed by atoms with van der Waals surface area (Å²) >= 11 is 5.33. The highest BCUT2D eigenvalue weighted by molar-refractivity contribution is 9.10. The molecule has 0 amide bonds. The second kappa shape index (κ2) is 7.34. The lowest BCUT2D eigenvalue weighted by Gasteiger charge is -2.17. The Balaban J connectivity index is 2.21. The zero-order valence-corrected chi connectivity index (χ0v) is 14.2. The first-order valence-electron chi connectivity index (χ1n) is 6.84. The van der Waals surface area contributed by atoms with E-state index in [0.717, 1.165) is 23.0 Å². The molecule has 1 aromatic heterocycles. The Morgan fingerprint density at radius 2 is 2.10 bits per heavy atom. The second-order valence-electron chi connectivity index (χ2n) is 4.86. The number of halogens is 2. The highest BCUT2D eigenvalue weighted by atomic mass is 79.9. The van der Waals surface area contributed by atoms with Crippen molar-refractivity contribution in [3.8, 4) is 0 Å². The van der Waals surface area contributed by atoms with E-state index in [0.29, 0.717) is 6.42 Å². The van der Waals surface area contributed by atoms with Crippen LogP contribution in [-0.2, 0) is 6.42 Å². The number of nitrogens with one attached hydrogen (secondary N) is 1. The zero-order chi connectivity index (χ0) is 14.5. The van der Waals surface area contributed by atoms with Crippen LogP contribution in [0.3, 0.4) is 0 Å². The summed E-state index contributed by atoms with van der Waals surface area (Å²) in [5.41, 5.74) is 0.767. The van der Waals surface area contributed by atoms with E-state index in [9.17, 15) is 4.39 Å². The summed E-state index contributed by atoms with van der Waals surface area (Å²) in [4.78, 5) is 2.52. The van der Waals surface area contributed by atoms with Gasteiger partial charge in [-0.05, 0) is 59.9 Å². The molecule has 4 heteroatoms. The molecule has 20 heavy (non-hydrogen) atoms. The summed E-state index contributed by atoms with van der Waals surface area (Å²) in [5, 5.41) is 3.52. The van der Waals surface area contributed by atoms with E-state index in [2.05, 4.69) is 41.2 Å². The number of hydrogen-bond acceptors (Lipinski definition) is 2. The van der Waals surface area contributed by atoms with E-state index < -0.39 is 0 Å². The molecule has 0 saturated carbocycles. The second-order valence-corrected chi connectivity index (χ2v) is 7.00. The molecule has 1 nitrogen and oxygen atoms in total. The van der Waals surface area contributed by atoms with Gasteiger partial charge in [-0.2, -0.15) is 0 Å². The lowest BCUT2D eigenvalue weighted by molar-refractivity contribution is 0.519. The van der Waals surface area contributed by atoms with Crippen LogP contribution >= 0.6 is 27.3 Å². The summed E-state index contributed by atoms with van der Waals surface area (Å²) in [7, 11) is 0. The van der Waals surface area contributed by atoms with Gasteiger partial charge in [-0.1, -0.05) is 25.1 Å². The number of aryl methyl sites for hydroxylation is 1. The molecule has 0 radical (unpaired) electrons. The van der Waals surface area contributed by atoms with Gasteiger partial charge in [0.05, 0.1) is 0 Å². The quantitative estimate of drug-likeness (QED) is 0.746. The molecule has 0 saturated heterocycles.